The summed E-state index contributed by atoms with van der Waals surface area (Å²) in [6, 6.07) is 11.9. The van der Waals surface area contributed by atoms with Gasteiger partial charge in [0.05, 0.1) is 24.9 Å². The number of thiocarbonyl (C=S) groups is 1. The summed E-state index contributed by atoms with van der Waals surface area (Å²) in [6.45, 7) is 2.83. The number of nitrogens with one attached hydrogen (secondary N) is 2. The smallest absolute Gasteiger partial charge is 0.170 e. The predicted octanol–water partition coefficient (Wildman–Crippen LogP) is 4.74. The zero-order valence-electron chi connectivity index (χ0n) is 14.4. The molecule has 0 radical (unpaired) electrons. The highest BCUT2D eigenvalue weighted by Gasteiger charge is 2.11. The van der Waals surface area contributed by atoms with Crippen LogP contribution in [-0.4, -0.2) is 31.6 Å². The van der Waals surface area contributed by atoms with Gasteiger partial charge in [0.2, 0.25) is 0 Å². The van der Waals surface area contributed by atoms with Crippen LogP contribution < -0.4 is 20.1 Å². The van der Waals surface area contributed by atoms with Gasteiger partial charge in [-0.3, -0.25) is 0 Å². The first-order valence-electron chi connectivity index (χ1n) is 7.69. The number of aryl methyl sites for hydroxylation is 1. The Morgan fingerprint density at radius 1 is 1.12 bits per heavy atom. The van der Waals surface area contributed by atoms with Crippen molar-refractivity contribution in [3.05, 3.63) is 47.0 Å². The Hall–Kier alpha value is -1.63. The van der Waals surface area contributed by atoms with Crippen molar-refractivity contribution in [2.45, 2.75) is 11.8 Å². The summed E-state index contributed by atoms with van der Waals surface area (Å²) in [5.41, 5.74) is 1.97. The first-order chi connectivity index (χ1) is 12.0. The van der Waals surface area contributed by atoms with E-state index in [1.54, 1.807) is 38.1 Å². The molecule has 0 atom stereocenters. The van der Waals surface area contributed by atoms with Gasteiger partial charge in [-0.15, -0.1) is 11.8 Å². The fourth-order valence-electron chi connectivity index (χ4n) is 2.09. The molecular formula is C18H21ClN2O2S2. The number of methoxy groups -OCH3 is 2. The van der Waals surface area contributed by atoms with Gasteiger partial charge in [0.1, 0.15) is 11.5 Å². The summed E-state index contributed by atoms with van der Waals surface area (Å²) in [5.74, 6) is 2.07. The summed E-state index contributed by atoms with van der Waals surface area (Å²) in [5, 5.41) is 7.31. The zero-order valence-corrected chi connectivity index (χ0v) is 16.8. The average Bonchev–Trinajstić information content (AvgIpc) is 2.61. The van der Waals surface area contributed by atoms with Gasteiger partial charge in [-0.1, -0.05) is 29.3 Å². The molecule has 2 aromatic carbocycles. The fourth-order valence-corrected chi connectivity index (χ4v) is 3.30. The van der Waals surface area contributed by atoms with E-state index >= 15 is 0 Å². The van der Waals surface area contributed by atoms with Crippen LogP contribution in [0.15, 0.2) is 41.3 Å². The van der Waals surface area contributed by atoms with E-state index in [1.807, 2.05) is 0 Å². The Kier molecular flexibility index (Phi) is 7.68. The van der Waals surface area contributed by atoms with E-state index in [0.717, 1.165) is 12.3 Å². The first-order valence-corrected chi connectivity index (χ1v) is 9.46. The lowest BCUT2D eigenvalue weighted by molar-refractivity contribution is 0.405. The normalized spacial score (nSPS) is 10.2. The molecule has 0 spiro atoms. The van der Waals surface area contributed by atoms with Crippen LogP contribution in [0.5, 0.6) is 11.5 Å². The maximum atomic E-state index is 6.10. The second-order valence-electron chi connectivity index (χ2n) is 5.23. The third-order valence-corrected chi connectivity index (χ3v) is 4.95. The van der Waals surface area contributed by atoms with Crippen LogP contribution in [0.2, 0.25) is 5.02 Å². The molecule has 0 aliphatic heterocycles. The van der Waals surface area contributed by atoms with Gasteiger partial charge in [0, 0.05) is 29.3 Å². The Balaban J connectivity index is 1.84. The number of ether oxygens (including phenoxy) is 2. The molecule has 0 aliphatic rings. The third kappa shape index (κ3) is 5.99. The fraction of sp³-hybridized carbons (Fsp3) is 0.278. The molecule has 0 bridgehead atoms. The molecule has 0 saturated carbocycles. The zero-order chi connectivity index (χ0) is 18.2. The quantitative estimate of drug-likeness (QED) is 0.400. The lowest BCUT2D eigenvalue weighted by Crippen LogP contribution is -2.30. The molecule has 0 aliphatic carbocycles. The SMILES string of the molecule is COc1cc(NC(=S)NCCSc2ccc(C)cc2)c(OC)cc1Cl. The standard InChI is InChI=1S/C18H21ClN2O2S2/c1-12-4-6-13(7-5-12)25-9-8-20-18(24)21-15-11-16(22-2)14(19)10-17(15)23-3/h4-7,10-11H,8-9H2,1-3H3,(H2,20,21,24). The van der Waals surface area contributed by atoms with Crippen LogP contribution in [0.3, 0.4) is 0 Å². The van der Waals surface area contributed by atoms with Crippen LogP contribution in [0.4, 0.5) is 5.69 Å². The Morgan fingerprint density at radius 2 is 1.80 bits per heavy atom. The highest BCUT2D eigenvalue weighted by atomic mass is 35.5. The van der Waals surface area contributed by atoms with Crippen LogP contribution in [-0.2, 0) is 0 Å². The van der Waals surface area contributed by atoms with Gasteiger partial charge in [0.15, 0.2) is 5.11 Å². The van der Waals surface area contributed by atoms with Crippen molar-refractivity contribution in [3.63, 3.8) is 0 Å². The lowest BCUT2D eigenvalue weighted by atomic mass is 10.2. The molecule has 0 saturated heterocycles. The van der Waals surface area contributed by atoms with E-state index in [9.17, 15) is 0 Å². The predicted molar refractivity (Wildman–Crippen MR) is 111 cm³/mol. The third-order valence-electron chi connectivity index (χ3n) is 3.40. The van der Waals surface area contributed by atoms with Gasteiger partial charge in [0.25, 0.3) is 0 Å². The molecule has 4 nitrogen and oxygen atoms in total. The van der Waals surface area contributed by atoms with Crippen LogP contribution in [0, 0.1) is 6.92 Å². The molecule has 0 heterocycles. The number of hydrogen-bond acceptors (Lipinski definition) is 4. The van der Waals surface area contributed by atoms with Gasteiger partial charge in [-0.25, -0.2) is 0 Å². The van der Waals surface area contributed by atoms with Crippen molar-refractivity contribution >= 4 is 46.4 Å². The Morgan fingerprint density at radius 3 is 2.44 bits per heavy atom. The second-order valence-corrected chi connectivity index (χ2v) is 7.21. The van der Waals surface area contributed by atoms with Crippen LogP contribution in [0.25, 0.3) is 0 Å². The molecule has 7 heteroatoms. The van der Waals surface area contributed by atoms with Gasteiger partial charge >= 0.3 is 0 Å². The van der Waals surface area contributed by atoms with E-state index in [-0.39, 0.29) is 0 Å². The summed E-state index contributed by atoms with van der Waals surface area (Å²) < 4.78 is 10.6. The molecule has 2 rings (SSSR count). The maximum Gasteiger partial charge on any atom is 0.170 e. The Labute approximate surface area is 163 Å². The summed E-state index contributed by atoms with van der Waals surface area (Å²) >= 11 is 13.2. The monoisotopic (exact) mass is 396 g/mol. The average molecular weight is 397 g/mol. The van der Waals surface area contributed by atoms with E-state index in [4.69, 9.17) is 33.3 Å². The van der Waals surface area contributed by atoms with Crippen molar-refractivity contribution in [1.29, 1.82) is 0 Å². The lowest BCUT2D eigenvalue weighted by Gasteiger charge is -2.15. The highest BCUT2D eigenvalue weighted by molar-refractivity contribution is 7.99. The highest BCUT2D eigenvalue weighted by Crippen LogP contribution is 2.35. The number of halogens is 1. The second kappa shape index (κ2) is 9.75. The van der Waals surface area contributed by atoms with Crippen molar-refractivity contribution in [1.82, 2.24) is 5.32 Å². The number of anilines is 1. The number of rotatable bonds is 7. The van der Waals surface area contributed by atoms with E-state index < -0.39 is 0 Å². The Bertz CT molecular complexity index is 724. The molecule has 134 valence electrons. The molecule has 0 aromatic heterocycles. The van der Waals surface area contributed by atoms with E-state index in [2.05, 4.69) is 41.8 Å². The molecule has 0 unspecified atom stereocenters. The minimum absolute atomic E-state index is 0.485. The summed E-state index contributed by atoms with van der Waals surface area (Å²) in [4.78, 5) is 1.25. The first kappa shape index (κ1) is 19.7. The van der Waals surface area contributed by atoms with Crippen molar-refractivity contribution in [3.8, 4) is 11.5 Å². The number of thioether (sulfide) groups is 1. The summed E-state index contributed by atoms with van der Waals surface area (Å²) in [6.07, 6.45) is 0. The summed E-state index contributed by atoms with van der Waals surface area (Å²) in [7, 11) is 3.15. The minimum atomic E-state index is 0.485. The molecule has 0 amide bonds. The van der Waals surface area contributed by atoms with Gasteiger partial charge < -0.3 is 20.1 Å². The molecule has 0 fully saturated rings. The number of hydrogen-bond donors (Lipinski definition) is 2. The van der Waals surface area contributed by atoms with Crippen molar-refractivity contribution in [2.75, 3.05) is 31.8 Å². The molecule has 2 aromatic rings. The maximum absolute atomic E-state index is 6.10. The number of benzene rings is 2. The largest absolute Gasteiger partial charge is 0.495 e. The van der Waals surface area contributed by atoms with Crippen molar-refractivity contribution < 1.29 is 9.47 Å². The van der Waals surface area contributed by atoms with Crippen LogP contribution >= 0.6 is 35.6 Å². The van der Waals surface area contributed by atoms with E-state index in [1.165, 1.54) is 10.5 Å². The van der Waals surface area contributed by atoms with Gasteiger partial charge in [-0.05, 0) is 31.3 Å². The van der Waals surface area contributed by atoms with Crippen LogP contribution in [0.1, 0.15) is 5.56 Å². The topological polar surface area (TPSA) is 42.5 Å². The minimum Gasteiger partial charge on any atom is -0.495 e. The van der Waals surface area contributed by atoms with E-state index in [0.29, 0.717) is 27.3 Å². The molecule has 2 N–H and O–H groups in total. The molecular weight excluding hydrogens is 376 g/mol. The van der Waals surface area contributed by atoms with Crippen molar-refractivity contribution in [2.24, 2.45) is 0 Å². The van der Waals surface area contributed by atoms with Gasteiger partial charge in [-0.2, -0.15) is 0 Å². The molecule has 25 heavy (non-hydrogen) atoms.